The number of methoxy groups -OCH3 is 2. The maximum absolute atomic E-state index is 13.1. The summed E-state index contributed by atoms with van der Waals surface area (Å²) in [6.07, 6.45) is -0.286. The van der Waals surface area contributed by atoms with Gasteiger partial charge in [-0.3, -0.25) is 4.79 Å². The average molecular weight is 398 g/mol. The molecule has 9 heteroatoms. The lowest BCUT2D eigenvalue weighted by Crippen LogP contribution is -2.24. The zero-order valence-corrected chi connectivity index (χ0v) is 15.9. The number of hydrogen-bond acceptors (Lipinski definition) is 6. The van der Waals surface area contributed by atoms with Gasteiger partial charge in [0.15, 0.2) is 17.2 Å². The van der Waals surface area contributed by atoms with Crippen molar-refractivity contribution in [3.8, 4) is 11.5 Å². The lowest BCUT2D eigenvalue weighted by Gasteiger charge is -2.24. The number of amides is 1. The maximum atomic E-state index is 13.1. The van der Waals surface area contributed by atoms with Gasteiger partial charge < -0.3 is 19.5 Å². The molecule has 1 atom stereocenters. The number of carbonyl (C=O) groups excluding carboxylic acids is 1. The SMILES string of the molecule is COc1ccc(NC(=O)c2nnn3c2CO[C@@H](c2ccc(F)cc2)C3)cc1OC. The van der Waals surface area contributed by atoms with E-state index in [0.717, 1.165) is 5.56 Å². The van der Waals surface area contributed by atoms with Crippen LogP contribution in [0.25, 0.3) is 0 Å². The van der Waals surface area contributed by atoms with E-state index in [-0.39, 0.29) is 24.2 Å². The van der Waals surface area contributed by atoms with E-state index in [4.69, 9.17) is 14.2 Å². The van der Waals surface area contributed by atoms with Crippen molar-refractivity contribution in [1.82, 2.24) is 15.0 Å². The average Bonchev–Trinajstić information content (AvgIpc) is 3.17. The van der Waals surface area contributed by atoms with Crippen molar-refractivity contribution in [2.45, 2.75) is 19.3 Å². The van der Waals surface area contributed by atoms with Gasteiger partial charge in [0.05, 0.1) is 33.1 Å². The fourth-order valence-corrected chi connectivity index (χ4v) is 3.17. The van der Waals surface area contributed by atoms with Crippen LogP contribution in [0.5, 0.6) is 11.5 Å². The number of nitrogens with one attached hydrogen (secondary N) is 1. The number of rotatable bonds is 5. The molecule has 0 radical (unpaired) electrons. The van der Waals surface area contributed by atoms with Gasteiger partial charge in [-0.25, -0.2) is 9.07 Å². The van der Waals surface area contributed by atoms with Gasteiger partial charge in [-0.15, -0.1) is 5.10 Å². The van der Waals surface area contributed by atoms with Crippen molar-refractivity contribution in [1.29, 1.82) is 0 Å². The molecule has 4 rings (SSSR count). The van der Waals surface area contributed by atoms with E-state index >= 15 is 0 Å². The highest BCUT2D eigenvalue weighted by Gasteiger charge is 2.28. The van der Waals surface area contributed by atoms with Crippen LogP contribution in [-0.2, 0) is 17.9 Å². The number of ether oxygens (including phenoxy) is 3. The van der Waals surface area contributed by atoms with Crippen LogP contribution in [-0.4, -0.2) is 35.1 Å². The molecular weight excluding hydrogens is 379 g/mol. The summed E-state index contributed by atoms with van der Waals surface area (Å²) >= 11 is 0. The van der Waals surface area contributed by atoms with Gasteiger partial charge in [-0.1, -0.05) is 17.3 Å². The summed E-state index contributed by atoms with van der Waals surface area (Å²) in [5.74, 6) is 0.356. The Labute approximate surface area is 166 Å². The highest BCUT2D eigenvalue weighted by Crippen LogP contribution is 2.31. The maximum Gasteiger partial charge on any atom is 0.278 e. The minimum absolute atomic E-state index is 0.170. The van der Waals surface area contributed by atoms with Crippen molar-refractivity contribution in [2.75, 3.05) is 19.5 Å². The number of carbonyl (C=O) groups is 1. The Bertz CT molecular complexity index is 1040. The standard InChI is InChI=1S/C20H19FN4O4/c1-27-16-8-7-14(9-17(16)28-2)22-20(26)19-15-11-29-18(10-25(15)24-23-19)12-3-5-13(21)6-4-12/h3-9,18H,10-11H2,1-2H3,(H,22,26)/t18-/m1/s1. The van der Waals surface area contributed by atoms with Crippen molar-refractivity contribution < 1.29 is 23.4 Å². The molecule has 1 N–H and O–H groups in total. The number of halogens is 1. The number of hydrogen-bond donors (Lipinski definition) is 1. The van der Waals surface area contributed by atoms with Gasteiger partial charge in [0.25, 0.3) is 5.91 Å². The molecule has 150 valence electrons. The minimum Gasteiger partial charge on any atom is -0.493 e. The van der Waals surface area contributed by atoms with Crippen LogP contribution in [0.3, 0.4) is 0 Å². The van der Waals surface area contributed by atoms with Crippen molar-refractivity contribution in [3.05, 3.63) is 65.2 Å². The monoisotopic (exact) mass is 398 g/mol. The lowest BCUT2D eigenvalue weighted by molar-refractivity contribution is -0.00174. The minimum atomic E-state index is -0.401. The van der Waals surface area contributed by atoms with Crippen molar-refractivity contribution >= 4 is 11.6 Å². The molecule has 1 aliphatic rings. The van der Waals surface area contributed by atoms with E-state index in [1.807, 2.05) is 0 Å². The molecule has 8 nitrogen and oxygen atoms in total. The smallest absolute Gasteiger partial charge is 0.278 e. The van der Waals surface area contributed by atoms with Crippen LogP contribution < -0.4 is 14.8 Å². The van der Waals surface area contributed by atoms with E-state index in [1.54, 1.807) is 42.1 Å². The van der Waals surface area contributed by atoms with Crippen LogP contribution in [0.4, 0.5) is 10.1 Å². The third-order valence-electron chi connectivity index (χ3n) is 4.70. The Morgan fingerprint density at radius 3 is 2.66 bits per heavy atom. The molecule has 0 spiro atoms. The number of anilines is 1. The summed E-state index contributed by atoms with van der Waals surface area (Å²) in [7, 11) is 3.06. The highest BCUT2D eigenvalue weighted by atomic mass is 19.1. The molecular formula is C20H19FN4O4. The molecule has 1 aliphatic heterocycles. The topological polar surface area (TPSA) is 87.5 Å². The summed E-state index contributed by atoms with van der Waals surface area (Å²) in [5.41, 5.74) is 2.15. The highest BCUT2D eigenvalue weighted by molar-refractivity contribution is 6.03. The van der Waals surface area contributed by atoms with E-state index in [2.05, 4.69) is 15.6 Å². The number of benzene rings is 2. The summed E-state index contributed by atoms with van der Waals surface area (Å²) < 4.78 is 31.1. The third-order valence-corrected chi connectivity index (χ3v) is 4.70. The second kappa shape index (κ2) is 7.88. The van der Waals surface area contributed by atoms with Crippen LogP contribution in [0.2, 0.25) is 0 Å². The molecule has 0 saturated heterocycles. The van der Waals surface area contributed by atoms with Gasteiger partial charge in [0, 0.05) is 11.8 Å². The number of aromatic nitrogens is 3. The molecule has 0 aliphatic carbocycles. The van der Waals surface area contributed by atoms with Gasteiger partial charge in [-0.2, -0.15) is 0 Å². The van der Waals surface area contributed by atoms with E-state index in [1.165, 1.54) is 19.2 Å². The van der Waals surface area contributed by atoms with Crippen molar-refractivity contribution in [3.63, 3.8) is 0 Å². The predicted molar refractivity (Wildman–Crippen MR) is 101 cm³/mol. The molecule has 3 aromatic rings. The largest absolute Gasteiger partial charge is 0.493 e. The molecule has 1 aromatic heterocycles. The van der Waals surface area contributed by atoms with Crippen LogP contribution in [0, 0.1) is 5.82 Å². The first-order valence-corrected chi connectivity index (χ1v) is 8.92. The summed E-state index contributed by atoms with van der Waals surface area (Å²) in [4.78, 5) is 12.7. The zero-order valence-electron chi connectivity index (χ0n) is 15.9. The second-order valence-corrected chi connectivity index (χ2v) is 6.44. The molecule has 0 saturated carbocycles. The molecule has 0 unspecified atom stereocenters. The fourth-order valence-electron chi connectivity index (χ4n) is 3.17. The Morgan fingerprint density at radius 2 is 1.93 bits per heavy atom. The zero-order chi connectivity index (χ0) is 20.4. The molecule has 2 heterocycles. The van der Waals surface area contributed by atoms with Gasteiger partial charge in [-0.05, 0) is 29.8 Å². The Morgan fingerprint density at radius 1 is 1.17 bits per heavy atom. The third kappa shape index (κ3) is 3.77. The first-order chi connectivity index (χ1) is 14.1. The van der Waals surface area contributed by atoms with E-state index in [9.17, 15) is 9.18 Å². The van der Waals surface area contributed by atoms with Crippen LogP contribution in [0.15, 0.2) is 42.5 Å². The Hall–Kier alpha value is -3.46. The Kier molecular flexibility index (Phi) is 5.13. The molecule has 1 amide bonds. The summed E-state index contributed by atoms with van der Waals surface area (Å²) in [6, 6.07) is 11.2. The number of fused-ring (bicyclic) bond motifs is 1. The predicted octanol–water partition coefficient (Wildman–Crippen LogP) is 2.96. The fraction of sp³-hybridized carbons (Fsp3) is 0.250. The Balaban J connectivity index is 1.50. The van der Waals surface area contributed by atoms with Gasteiger partial charge in [0.1, 0.15) is 11.9 Å². The first kappa shape index (κ1) is 18.9. The quantitative estimate of drug-likeness (QED) is 0.711. The van der Waals surface area contributed by atoms with E-state index in [0.29, 0.717) is 29.4 Å². The summed E-state index contributed by atoms with van der Waals surface area (Å²) in [6.45, 7) is 0.557. The van der Waals surface area contributed by atoms with Gasteiger partial charge >= 0.3 is 0 Å². The van der Waals surface area contributed by atoms with Gasteiger partial charge in [0.2, 0.25) is 0 Å². The normalized spacial score (nSPS) is 15.5. The molecule has 29 heavy (non-hydrogen) atoms. The molecule has 0 fully saturated rings. The van der Waals surface area contributed by atoms with Crippen molar-refractivity contribution in [2.24, 2.45) is 0 Å². The first-order valence-electron chi connectivity index (χ1n) is 8.92. The second-order valence-electron chi connectivity index (χ2n) is 6.44. The van der Waals surface area contributed by atoms with E-state index < -0.39 is 5.91 Å². The lowest BCUT2D eigenvalue weighted by atomic mass is 10.1. The molecule has 0 bridgehead atoms. The van der Waals surface area contributed by atoms with Crippen LogP contribution >= 0.6 is 0 Å². The number of nitrogens with zero attached hydrogens (tertiary/aromatic N) is 3. The summed E-state index contributed by atoms with van der Waals surface area (Å²) in [5, 5.41) is 10.9. The molecule has 2 aromatic carbocycles. The van der Waals surface area contributed by atoms with Crippen LogP contribution in [0.1, 0.15) is 27.8 Å².